The van der Waals surface area contributed by atoms with Crippen molar-refractivity contribution >= 4 is 5.82 Å². The van der Waals surface area contributed by atoms with Crippen molar-refractivity contribution in [3.8, 4) is 0 Å². The quantitative estimate of drug-likeness (QED) is 0.727. The maximum Gasteiger partial charge on any atom is 0.147 e. The molecule has 72 valence electrons. The van der Waals surface area contributed by atoms with E-state index in [1.54, 1.807) is 13.1 Å². The van der Waals surface area contributed by atoms with E-state index >= 15 is 0 Å². The summed E-state index contributed by atoms with van der Waals surface area (Å²) in [5, 5.41) is 12.1. The molecule has 1 heterocycles. The van der Waals surface area contributed by atoms with E-state index < -0.39 is 0 Å². The maximum absolute atomic E-state index is 9.06. The molecule has 0 radical (unpaired) electrons. The van der Waals surface area contributed by atoms with E-state index in [0.29, 0.717) is 6.54 Å². The Hall–Kier alpha value is -1.16. The second-order valence-corrected chi connectivity index (χ2v) is 3.18. The van der Waals surface area contributed by atoms with Crippen molar-refractivity contribution in [2.75, 3.05) is 11.9 Å². The Labute approximate surface area is 78.0 Å². The molecule has 1 aromatic heterocycles. The van der Waals surface area contributed by atoms with E-state index in [1.807, 2.05) is 13.8 Å². The summed E-state index contributed by atoms with van der Waals surface area (Å²) in [4.78, 5) is 8.41. The van der Waals surface area contributed by atoms with Crippen molar-refractivity contribution in [3.63, 3.8) is 0 Å². The lowest BCUT2D eigenvalue weighted by Gasteiger charge is -2.09. The van der Waals surface area contributed by atoms with E-state index in [0.717, 1.165) is 17.2 Å². The van der Waals surface area contributed by atoms with Gasteiger partial charge in [0.1, 0.15) is 5.82 Å². The molecule has 1 rings (SSSR count). The summed E-state index contributed by atoms with van der Waals surface area (Å²) >= 11 is 0. The molecule has 1 atom stereocenters. The van der Waals surface area contributed by atoms with Gasteiger partial charge in [-0.2, -0.15) is 0 Å². The highest BCUT2D eigenvalue weighted by Crippen LogP contribution is 2.07. The number of aryl methyl sites for hydroxylation is 2. The van der Waals surface area contributed by atoms with Crippen LogP contribution in [0.2, 0.25) is 0 Å². The number of aliphatic hydroxyl groups excluding tert-OH is 1. The number of anilines is 1. The van der Waals surface area contributed by atoms with Crippen molar-refractivity contribution in [3.05, 3.63) is 17.6 Å². The van der Waals surface area contributed by atoms with Crippen molar-refractivity contribution in [2.45, 2.75) is 26.9 Å². The Morgan fingerprint density at radius 3 is 2.85 bits per heavy atom. The number of nitrogens with zero attached hydrogens (tertiary/aromatic N) is 2. The molecule has 0 aliphatic rings. The number of hydrogen-bond acceptors (Lipinski definition) is 4. The van der Waals surface area contributed by atoms with E-state index in [4.69, 9.17) is 5.11 Å². The van der Waals surface area contributed by atoms with E-state index in [-0.39, 0.29) is 6.10 Å². The lowest BCUT2D eigenvalue weighted by molar-refractivity contribution is 0.208. The Balaban J connectivity index is 2.70. The lowest BCUT2D eigenvalue weighted by atomic mass is 10.3. The smallest absolute Gasteiger partial charge is 0.147 e. The minimum absolute atomic E-state index is 0.373. The highest BCUT2D eigenvalue weighted by molar-refractivity contribution is 5.39. The standard InChI is InChI=1S/C9H15N3O/c1-6-4-10-8(3)9(12-6)11-5-7(2)13/h4,7,13H,5H2,1-3H3,(H,11,12)/t7-/m0/s1. The second-order valence-electron chi connectivity index (χ2n) is 3.18. The number of hydrogen-bond donors (Lipinski definition) is 2. The van der Waals surface area contributed by atoms with Gasteiger partial charge in [0.2, 0.25) is 0 Å². The van der Waals surface area contributed by atoms with Gasteiger partial charge in [-0.25, -0.2) is 4.98 Å². The molecule has 0 aromatic carbocycles. The highest BCUT2D eigenvalue weighted by Gasteiger charge is 2.02. The Kier molecular flexibility index (Phi) is 3.19. The molecular weight excluding hydrogens is 166 g/mol. The molecule has 0 fully saturated rings. The molecule has 2 N–H and O–H groups in total. The van der Waals surface area contributed by atoms with Gasteiger partial charge in [-0.15, -0.1) is 0 Å². The van der Waals surface area contributed by atoms with Crippen molar-refractivity contribution in [2.24, 2.45) is 0 Å². The zero-order valence-electron chi connectivity index (χ0n) is 8.20. The van der Waals surface area contributed by atoms with Gasteiger partial charge in [-0.1, -0.05) is 0 Å². The molecular formula is C9H15N3O. The highest BCUT2D eigenvalue weighted by atomic mass is 16.3. The largest absolute Gasteiger partial charge is 0.392 e. The van der Waals surface area contributed by atoms with Crippen molar-refractivity contribution in [1.82, 2.24) is 9.97 Å². The average Bonchev–Trinajstić information content (AvgIpc) is 2.06. The number of aliphatic hydroxyl groups is 1. The number of nitrogens with one attached hydrogen (secondary N) is 1. The summed E-state index contributed by atoms with van der Waals surface area (Å²) in [5.74, 6) is 0.751. The van der Waals surface area contributed by atoms with Gasteiger partial charge in [0.15, 0.2) is 0 Å². The van der Waals surface area contributed by atoms with Gasteiger partial charge < -0.3 is 10.4 Å². The van der Waals surface area contributed by atoms with Gasteiger partial charge in [0.25, 0.3) is 0 Å². The zero-order chi connectivity index (χ0) is 9.84. The van der Waals surface area contributed by atoms with Crippen molar-refractivity contribution < 1.29 is 5.11 Å². The molecule has 13 heavy (non-hydrogen) atoms. The SMILES string of the molecule is Cc1cnc(C)c(NC[C@H](C)O)n1. The summed E-state index contributed by atoms with van der Waals surface area (Å²) in [5.41, 5.74) is 1.73. The second kappa shape index (κ2) is 4.18. The number of aromatic nitrogens is 2. The Bertz CT molecular complexity index is 286. The van der Waals surface area contributed by atoms with Crippen LogP contribution in [-0.4, -0.2) is 27.7 Å². The monoisotopic (exact) mass is 181 g/mol. The van der Waals surface area contributed by atoms with Crippen LogP contribution in [0.1, 0.15) is 18.3 Å². The summed E-state index contributed by atoms with van der Waals surface area (Å²) in [6.07, 6.45) is 1.35. The lowest BCUT2D eigenvalue weighted by Crippen LogP contribution is -2.17. The van der Waals surface area contributed by atoms with Crippen LogP contribution in [-0.2, 0) is 0 Å². The summed E-state index contributed by atoms with van der Waals surface area (Å²) in [7, 11) is 0. The first-order valence-corrected chi connectivity index (χ1v) is 4.32. The van der Waals surface area contributed by atoms with Crippen LogP contribution in [0, 0.1) is 13.8 Å². The molecule has 0 bridgehead atoms. The molecule has 4 heteroatoms. The fourth-order valence-electron chi connectivity index (χ4n) is 0.949. The first kappa shape index (κ1) is 9.92. The Morgan fingerprint density at radius 2 is 2.23 bits per heavy atom. The zero-order valence-corrected chi connectivity index (χ0v) is 8.20. The summed E-state index contributed by atoms with van der Waals surface area (Å²) in [6, 6.07) is 0. The minimum Gasteiger partial charge on any atom is -0.392 e. The molecule has 0 aliphatic heterocycles. The minimum atomic E-state index is -0.373. The number of rotatable bonds is 3. The van der Waals surface area contributed by atoms with Gasteiger partial charge in [0, 0.05) is 12.7 Å². The van der Waals surface area contributed by atoms with E-state index in [2.05, 4.69) is 15.3 Å². The fourth-order valence-corrected chi connectivity index (χ4v) is 0.949. The van der Waals surface area contributed by atoms with Crippen LogP contribution in [0.3, 0.4) is 0 Å². The first-order chi connectivity index (χ1) is 6.09. The third-order valence-corrected chi connectivity index (χ3v) is 1.64. The molecule has 0 amide bonds. The Morgan fingerprint density at radius 1 is 1.54 bits per heavy atom. The normalized spacial score (nSPS) is 12.6. The van der Waals surface area contributed by atoms with E-state index in [9.17, 15) is 0 Å². The first-order valence-electron chi connectivity index (χ1n) is 4.32. The van der Waals surface area contributed by atoms with Crippen molar-refractivity contribution in [1.29, 1.82) is 0 Å². The summed E-state index contributed by atoms with van der Waals surface area (Å²) < 4.78 is 0. The van der Waals surface area contributed by atoms with Gasteiger partial charge in [-0.3, -0.25) is 4.98 Å². The van der Waals surface area contributed by atoms with Crippen LogP contribution in [0.15, 0.2) is 6.20 Å². The van der Waals surface area contributed by atoms with Gasteiger partial charge in [0.05, 0.1) is 17.5 Å². The van der Waals surface area contributed by atoms with Crippen LogP contribution in [0.25, 0.3) is 0 Å². The average molecular weight is 181 g/mol. The molecule has 1 aromatic rings. The molecule has 0 spiro atoms. The molecule has 4 nitrogen and oxygen atoms in total. The predicted octanol–water partition coefficient (Wildman–Crippen LogP) is 0.886. The maximum atomic E-state index is 9.06. The van der Waals surface area contributed by atoms with Gasteiger partial charge in [-0.05, 0) is 20.8 Å². The third kappa shape index (κ3) is 2.99. The molecule has 0 unspecified atom stereocenters. The van der Waals surface area contributed by atoms with Crippen LogP contribution in [0.5, 0.6) is 0 Å². The van der Waals surface area contributed by atoms with Crippen LogP contribution in [0.4, 0.5) is 5.82 Å². The van der Waals surface area contributed by atoms with Gasteiger partial charge >= 0.3 is 0 Å². The molecule has 0 saturated carbocycles. The molecule has 0 aliphatic carbocycles. The van der Waals surface area contributed by atoms with Crippen LogP contribution >= 0.6 is 0 Å². The fraction of sp³-hybridized carbons (Fsp3) is 0.556. The van der Waals surface area contributed by atoms with Crippen LogP contribution < -0.4 is 5.32 Å². The summed E-state index contributed by atoms with van der Waals surface area (Å²) in [6.45, 7) is 6.00. The van der Waals surface area contributed by atoms with E-state index in [1.165, 1.54) is 0 Å². The third-order valence-electron chi connectivity index (χ3n) is 1.64. The topological polar surface area (TPSA) is 58.0 Å². The predicted molar refractivity (Wildman–Crippen MR) is 51.7 cm³/mol. The molecule has 0 saturated heterocycles.